The van der Waals surface area contributed by atoms with Crippen LogP contribution in [0.3, 0.4) is 0 Å². The summed E-state index contributed by atoms with van der Waals surface area (Å²) in [5.41, 5.74) is 29.5. The molecule has 8 heteroatoms. The maximum atomic E-state index is 12.9. The van der Waals surface area contributed by atoms with Crippen molar-refractivity contribution in [2.75, 3.05) is 18.4 Å². The molecule has 10 aromatic rings. The van der Waals surface area contributed by atoms with Crippen molar-refractivity contribution in [3.8, 4) is 0 Å². The molecule has 6 nitrogen and oxygen atoms in total. The summed E-state index contributed by atoms with van der Waals surface area (Å²) in [4.78, 5) is 33.3. The van der Waals surface area contributed by atoms with Gasteiger partial charge in [0.25, 0.3) is 5.91 Å². The van der Waals surface area contributed by atoms with Crippen molar-refractivity contribution in [2.45, 2.75) is 267 Å². The number of anilines is 1. The average Bonchev–Trinajstić information content (AvgIpc) is 0.869. The first-order valence-electron chi connectivity index (χ1n) is 40.5. The summed E-state index contributed by atoms with van der Waals surface area (Å²) in [6.45, 7) is 61.9. The number of nitrogens with one attached hydrogen (secondary N) is 2. The van der Waals surface area contributed by atoms with Crippen LogP contribution in [0.4, 0.5) is 10.1 Å². The summed E-state index contributed by atoms with van der Waals surface area (Å²) in [5, 5.41) is 6.35. The lowest BCUT2D eigenvalue weighted by atomic mass is 10.0. The van der Waals surface area contributed by atoms with Gasteiger partial charge in [0.15, 0.2) is 5.78 Å². The maximum Gasteiger partial charge on any atom is 0.251 e. The highest BCUT2D eigenvalue weighted by Crippen LogP contribution is 2.25. The third kappa shape index (κ3) is 44.9. The van der Waals surface area contributed by atoms with Gasteiger partial charge < -0.3 is 16.4 Å². The molecule has 0 fully saturated rings. The summed E-state index contributed by atoms with van der Waals surface area (Å²) in [7, 11) is 0. The second-order valence-electron chi connectivity index (χ2n) is 32.3. The predicted octanol–water partition coefficient (Wildman–Crippen LogP) is 30.5. The van der Waals surface area contributed by atoms with Gasteiger partial charge >= 0.3 is 0 Å². The molecule has 113 heavy (non-hydrogen) atoms. The van der Waals surface area contributed by atoms with Crippen molar-refractivity contribution in [3.63, 3.8) is 0 Å². The molecule has 10 aromatic carbocycles. The number of Topliss-reactive ketones (excluding diaryl/α,β-unsaturated/α-hetero) is 1. The largest absolute Gasteiger partial charge is 0.351 e. The summed E-state index contributed by atoms with van der Waals surface area (Å²) in [5.74, 6) is 5.69. The Kier molecular flexibility index (Phi) is 51.8. The maximum absolute atomic E-state index is 12.9. The fourth-order valence-corrected chi connectivity index (χ4v) is 10.6. The molecule has 4 N–H and O–H groups in total. The Hall–Kier alpha value is -9.01. The Labute approximate surface area is 693 Å². The number of benzene rings is 10. The Morgan fingerprint density at radius 3 is 0.894 bits per heavy atom. The van der Waals surface area contributed by atoms with E-state index in [-0.39, 0.29) is 30.8 Å². The van der Waals surface area contributed by atoms with Gasteiger partial charge in [-0.1, -0.05) is 379 Å². The Morgan fingerprint density at radius 2 is 0.611 bits per heavy atom. The Bertz CT molecular complexity index is 4020. The van der Waals surface area contributed by atoms with Crippen LogP contribution in [0.25, 0.3) is 0 Å². The molecule has 0 spiro atoms. The number of ketones is 1. The summed E-state index contributed by atoms with van der Waals surface area (Å²) in [6, 6.07) is 78.5. The zero-order chi connectivity index (χ0) is 84.9. The minimum absolute atomic E-state index is 0. The molecule has 0 aromatic heterocycles. The van der Waals surface area contributed by atoms with Gasteiger partial charge in [-0.2, -0.15) is 0 Å². The van der Waals surface area contributed by atoms with Crippen LogP contribution in [0.5, 0.6) is 0 Å². The SMILES string of the molecule is C.CC(=O)Nc1ccc(C(C)C)cc1.CC(=O)c1ccc(C(C)C)cc1.CC(C)c1cccc(C(=O)NCCN)c1.Cc1ccc(C(C)C)cc1.Cc1ccc(C(C)C)cc1.Cc1ccc(C(C)C)cc1.Cc1ccc(C(C)C)cc1Cl.Cc1ccc(C(C)C)cc1F.Cc1cccc(C(C)C)c1.Cc1cccc(C(C)C)c1. The third-order valence-corrected chi connectivity index (χ3v) is 18.9. The van der Waals surface area contributed by atoms with E-state index in [1.54, 1.807) is 19.9 Å². The van der Waals surface area contributed by atoms with Crippen LogP contribution >= 0.6 is 11.6 Å². The van der Waals surface area contributed by atoms with Crippen LogP contribution in [-0.2, 0) is 4.79 Å². The second kappa shape index (κ2) is 56.3. The highest BCUT2D eigenvalue weighted by Gasteiger charge is 2.09. The fraction of sp³-hybridized carbons (Fsp3) is 0.400. The molecule has 0 saturated carbocycles. The normalized spacial score (nSPS) is 10.3. The van der Waals surface area contributed by atoms with E-state index in [0.717, 1.165) is 33.0 Å². The smallest absolute Gasteiger partial charge is 0.251 e. The third-order valence-electron chi connectivity index (χ3n) is 18.5. The van der Waals surface area contributed by atoms with Crippen molar-refractivity contribution in [3.05, 3.63) is 347 Å². The van der Waals surface area contributed by atoms with Crippen molar-refractivity contribution in [2.24, 2.45) is 5.73 Å². The second-order valence-corrected chi connectivity index (χ2v) is 32.7. The van der Waals surface area contributed by atoms with Crippen LogP contribution in [-0.4, -0.2) is 30.7 Å². The first kappa shape index (κ1) is 104. The van der Waals surface area contributed by atoms with Crippen LogP contribution < -0.4 is 16.4 Å². The van der Waals surface area contributed by atoms with E-state index in [0.29, 0.717) is 77.8 Å². The van der Waals surface area contributed by atoms with Gasteiger partial charge in [0, 0.05) is 41.9 Å². The Balaban J connectivity index is 0.00000124. The topological polar surface area (TPSA) is 101 Å². The molecule has 0 atom stereocenters. The molecule has 0 aliphatic rings. The van der Waals surface area contributed by atoms with Crippen LogP contribution in [0.15, 0.2) is 231 Å². The number of hydrogen-bond acceptors (Lipinski definition) is 4. The lowest BCUT2D eigenvalue weighted by molar-refractivity contribution is -0.114. The molecule has 0 saturated heterocycles. The molecular formula is C105H147ClFN3O3. The molecule has 0 aliphatic carbocycles. The van der Waals surface area contributed by atoms with Gasteiger partial charge in [-0.15, -0.1) is 0 Å². The van der Waals surface area contributed by atoms with E-state index < -0.39 is 0 Å². The van der Waals surface area contributed by atoms with Gasteiger partial charge in [0.1, 0.15) is 5.82 Å². The van der Waals surface area contributed by atoms with Crippen molar-refractivity contribution in [1.82, 2.24) is 5.32 Å². The fourth-order valence-electron chi connectivity index (χ4n) is 10.4. The van der Waals surface area contributed by atoms with Gasteiger partial charge in [0.2, 0.25) is 5.91 Å². The Morgan fingerprint density at radius 1 is 0.327 bits per heavy atom. The summed E-state index contributed by atoms with van der Waals surface area (Å²) in [6.07, 6.45) is 0. The number of aryl methyl sites for hydroxylation is 7. The molecule has 614 valence electrons. The van der Waals surface area contributed by atoms with Crippen LogP contribution in [0, 0.1) is 54.3 Å². The molecule has 10 rings (SSSR count). The molecule has 2 amide bonds. The van der Waals surface area contributed by atoms with Gasteiger partial charge in [0.05, 0.1) is 0 Å². The molecule has 0 heterocycles. The van der Waals surface area contributed by atoms with Crippen molar-refractivity contribution in [1.29, 1.82) is 0 Å². The van der Waals surface area contributed by atoms with Crippen molar-refractivity contribution >= 4 is 34.9 Å². The number of carbonyl (C=O) groups is 3. The quantitative estimate of drug-likeness (QED) is 0.0890. The molecule has 0 bridgehead atoms. The number of nitrogens with two attached hydrogens (primary N) is 1. The predicted molar refractivity (Wildman–Crippen MR) is 496 cm³/mol. The van der Waals surface area contributed by atoms with Crippen molar-refractivity contribution < 1.29 is 18.8 Å². The number of carbonyl (C=O) groups excluding carboxylic acids is 3. The van der Waals surface area contributed by atoms with Gasteiger partial charge in [-0.3, -0.25) is 14.4 Å². The van der Waals surface area contributed by atoms with E-state index in [2.05, 4.69) is 317 Å². The van der Waals surface area contributed by atoms with Crippen LogP contribution in [0.2, 0.25) is 5.02 Å². The lowest BCUT2D eigenvalue weighted by Crippen LogP contribution is -2.29. The monoisotopic (exact) mass is 1550 g/mol. The van der Waals surface area contributed by atoms with E-state index in [4.69, 9.17) is 17.3 Å². The first-order valence-corrected chi connectivity index (χ1v) is 40.9. The summed E-state index contributed by atoms with van der Waals surface area (Å²) < 4.78 is 12.9. The van der Waals surface area contributed by atoms with Crippen LogP contribution in [0.1, 0.15) is 334 Å². The van der Waals surface area contributed by atoms with E-state index in [9.17, 15) is 18.8 Å². The number of halogens is 2. The number of amides is 2. The number of rotatable bonds is 15. The minimum atomic E-state index is -0.101. The van der Waals surface area contributed by atoms with Gasteiger partial charge in [-0.25, -0.2) is 4.39 Å². The first-order chi connectivity index (χ1) is 52.6. The number of hydrogen-bond donors (Lipinski definition) is 3. The lowest BCUT2D eigenvalue weighted by Gasteiger charge is -2.08. The average molecular weight is 1550 g/mol. The molecule has 0 radical (unpaired) electrons. The van der Waals surface area contributed by atoms with E-state index >= 15 is 0 Å². The minimum Gasteiger partial charge on any atom is -0.351 e. The molecular weight excluding hydrogens is 1410 g/mol. The highest BCUT2D eigenvalue weighted by atomic mass is 35.5. The molecule has 0 aliphatic heterocycles. The van der Waals surface area contributed by atoms with E-state index in [1.165, 1.54) is 84.8 Å². The standard InChI is InChI=1S/C12H18N2O.C11H15NO.C11H14O.C10H13Cl.C10H13F.5C10H14.CH4/c1-9(2)10-4-3-5-11(8-10)12(15)14-7-6-13;1-8(2)10-4-6-11(7-5-10)12-9(3)13;1-8(2)10-4-6-11(7-5-10)9(3)12;2*1-7(2)9-5-4-8(3)10(11)6-9;3*1-8(2)10-6-4-9(3)5-7-10;2*1-8(2)10-6-4-5-9(3)7-10;/h3-5,8-9H,6-7,13H2,1-2H3,(H,14,15);4-8H,1-3H3,(H,12,13);4-8H,1-3H3;2*4-7H,1-3H3;5*4-8H,1-3H3;1H4. The zero-order valence-electron chi connectivity index (χ0n) is 74.2. The summed E-state index contributed by atoms with van der Waals surface area (Å²) >= 11 is 5.96. The molecule has 0 unspecified atom stereocenters. The highest BCUT2D eigenvalue weighted by molar-refractivity contribution is 6.31. The zero-order valence-corrected chi connectivity index (χ0v) is 74.9. The van der Waals surface area contributed by atoms with Gasteiger partial charge in [-0.05, 0) is 218 Å². The van der Waals surface area contributed by atoms with E-state index in [1.807, 2.05) is 97.9 Å².